The van der Waals surface area contributed by atoms with E-state index in [9.17, 15) is 0 Å². The lowest BCUT2D eigenvalue weighted by Gasteiger charge is -2.62. The molecule has 0 aliphatic carbocycles. The molecule has 5 rings (SSSR count). The van der Waals surface area contributed by atoms with E-state index in [2.05, 4.69) is 50.0 Å². The lowest BCUT2D eigenvalue weighted by molar-refractivity contribution is -0.0991. The van der Waals surface area contributed by atoms with Gasteiger partial charge in [0.1, 0.15) is 0 Å². The molecule has 2 N–H and O–H groups in total. The third-order valence-electron chi connectivity index (χ3n) is 4.94. The van der Waals surface area contributed by atoms with Crippen molar-refractivity contribution >= 4 is 15.9 Å². The van der Waals surface area contributed by atoms with Gasteiger partial charge in [0.25, 0.3) is 0 Å². The summed E-state index contributed by atoms with van der Waals surface area (Å²) in [5, 5.41) is 0. The zero-order valence-electron chi connectivity index (χ0n) is 10.3. The number of benzene rings is 1. The number of halogens is 1. The Balaban J connectivity index is 1.82. The van der Waals surface area contributed by atoms with Crippen molar-refractivity contribution < 1.29 is 0 Å². The lowest BCUT2D eigenvalue weighted by Crippen LogP contribution is -2.77. The Kier molecular flexibility index (Phi) is 2.40. The minimum atomic E-state index is 0.142. The maximum absolute atomic E-state index is 6.62. The molecule has 4 fully saturated rings. The normalized spacial score (nSPS) is 45.4. The molecule has 1 aromatic carbocycles. The number of nitrogens with zero attached hydrogens (tertiary/aromatic N) is 2. The van der Waals surface area contributed by atoms with Gasteiger partial charge in [-0.1, -0.05) is 28.1 Å². The minimum Gasteiger partial charge on any atom is -0.326 e. The van der Waals surface area contributed by atoms with Gasteiger partial charge in [-0.15, -0.1) is 0 Å². The second kappa shape index (κ2) is 3.79. The molecule has 3 nitrogen and oxygen atoms in total. The van der Waals surface area contributed by atoms with Crippen LogP contribution < -0.4 is 5.73 Å². The summed E-state index contributed by atoms with van der Waals surface area (Å²) >= 11 is 3.59. The van der Waals surface area contributed by atoms with Crippen LogP contribution in [0.15, 0.2) is 28.7 Å². The monoisotopic (exact) mass is 307 g/mol. The molecule has 4 bridgehead atoms. The van der Waals surface area contributed by atoms with Crippen molar-refractivity contribution in [2.75, 3.05) is 32.8 Å². The third kappa shape index (κ3) is 1.46. The van der Waals surface area contributed by atoms with E-state index in [4.69, 9.17) is 5.73 Å². The Hall–Kier alpha value is -0.420. The molecule has 3 atom stereocenters. The van der Waals surface area contributed by atoms with Gasteiger partial charge in [0.05, 0.1) is 6.67 Å². The van der Waals surface area contributed by atoms with Crippen LogP contribution in [0.25, 0.3) is 0 Å². The van der Waals surface area contributed by atoms with Crippen LogP contribution in [-0.2, 0) is 5.41 Å². The molecule has 0 saturated carbocycles. The van der Waals surface area contributed by atoms with E-state index >= 15 is 0 Å². The van der Waals surface area contributed by atoms with Gasteiger partial charge in [-0.2, -0.15) is 0 Å². The number of nitrogens with two attached hydrogens (primary N) is 1. The van der Waals surface area contributed by atoms with Crippen molar-refractivity contribution in [3.05, 3.63) is 34.3 Å². The molecule has 4 aliphatic heterocycles. The summed E-state index contributed by atoms with van der Waals surface area (Å²) in [5.74, 6) is 0.639. The number of hydrogen-bond acceptors (Lipinski definition) is 3. The topological polar surface area (TPSA) is 32.5 Å². The second-order valence-corrected chi connectivity index (χ2v) is 7.03. The van der Waals surface area contributed by atoms with Crippen molar-refractivity contribution in [2.45, 2.75) is 11.5 Å². The Bertz CT molecular complexity index is 476. The van der Waals surface area contributed by atoms with Crippen molar-refractivity contribution in [1.29, 1.82) is 0 Å². The van der Waals surface area contributed by atoms with Crippen LogP contribution >= 0.6 is 15.9 Å². The summed E-state index contributed by atoms with van der Waals surface area (Å²) in [6.45, 7) is 5.76. The molecule has 4 heterocycles. The first-order valence-electron chi connectivity index (χ1n) is 6.64. The summed E-state index contributed by atoms with van der Waals surface area (Å²) in [5.41, 5.74) is 8.16. The van der Waals surface area contributed by atoms with Gasteiger partial charge in [0.2, 0.25) is 0 Å². The van der Waals surface area contributed by atoms with Crippen LogP contribution in [0.5, 0.6) is 0 Å². The van der Waals surface area contributed by atoms with Gasteiger partial charge in [0.15, 0.2) is 0 Å². The standard InChI is InChI=1S/C14H18BrN3/c15-12-3-1-2-11(4-12)14-7-17-5-10(13(14)16)6-18(8-14)9-17/h1-4,10,13H,5-9,16H2. The zero-order chi connectivity index (χ0) is 12.3. The van der Waals surface area contributed by atoms with Gasteiger partial charge in [-0.25, -0.2) is 0 Å². The maximum atomic E-state index is 6.62. The molecule has 4 saturated heterocycles. The average molecular weight is 308 g/mol. The number of piperidine rings is 2. The van der Waals surface area contributed by atoms with Crippen LogP contribution in [-0.4, -0.2) is 48.7 Å². The fourth-order valence-electron chi connectivity index (χ4n) is 4.26. The predicted octanol–water partition coefficient (Wildman–Crippen LogP) is 1.23. The highest BCUT2D eigenvalue weighted by Crippen LogP contribution is 2.44. The molecule has 1 aromatic rings. The lowest BCUT2D eigenvalue weighted by atomic mass is 9.63. The Labute approximate surface area is 116 Å². The van der Waals surface area contributed by atoms with E-state index in [1.165, 1.54) is 18.7 Å². The molecule has 3 unspecified atom stereocenters. The van der Waals surface area contributed by atoms with Gasteiger partial charge in [-0.05, 0) is 17.7 Å². The van der Waals surface area contributed by atoms with Crippen LogP contribution in [0.4, 0.5) is 0 Å². The average Bonchev–Trinajstić information content (AvgIpc) is 2.35. The van der Waals surface area contributed by atoms with Crippen LogP contribution in [0.2, 0.25) is 0 Å². The SMILES string of the molecule is NC1C2CN3CN(C2)CC1(c1cccc(Br)c1)C3. The quantitative estimate of drug-likeness (QED) is 0.847. The molecule has 96 valence electrons. The fourth-order valence-corrected chi connectivity index (χ4v) is 4.66. The van der Waals surface area contributed by atoms with Crippen molar-refractivity contribution in [2.24, 2.45) is 11.7 Å². The van der Waals surface area contributed by atoms with Crippen LogP contribution in [0.3, 0.4) is 0 Å². The fraction of sp³-hybridized carbons (Fsp3) is 0.571. The molecule has 0 amide bonds. The minimum absolute atomic E-state index is 0.142. The maximum Gasteiger partial charge on any atom is 0.0507 e. The Morgan fingerprint density at radius 2 is 1.94 bits per heavy atom. The molecule has 4 heteroatoms. The summed E-state index contributed by atoms with van der Waals surface area (Å²) in [6.07, 6.45) is 0. The van der Waals surface area contributed by atoms with Crippen molar-refractivity contribution in [1.82, 2.24) is 9.80 Å². The van der Waals surface area contributed by atoms with E-state index in [-0.39, 0.29) is 5.41 Å². The molecule has 0 radical (unpaired) electrons. The summed E-state index contributed by atoms with van der Waals surface area (Å²) < 4.78 is 1.16. The van der Waals surface area contributed by atoms with Crippen molar-refractivity contribution in [3.63, 3.8) is 0 Å². The van der Waals surface area contributed by atoms with Gasteiger partial charge in [0, 0.05) is 48.0 Å². The molecule has 0 spiro atoms. The summed E-state index contributed by atoms with van der Waals surface area (Å²) in [6, 6.07) is 9.04. The highest BCUT2D eigenvalue weighted by atomic mass is 79.9. The first-order chi connectivity index (χ1) is 8.67. The summed E-state index contributed by atoms with van der Waals surface area (Å²) in [7, 11) is 0. The Morgan fingerprint density at radius 3 is 2.61 bits per heavy atom. The Morgan fingerprint density at radius 1 is 1.22 bits per heavy atom. The first-order valence-corrected chi connectivity index (χ1v) is 7.43. The van der Waals surface area contributed by atoms with Gasteiger partial charge < -0.3 is 5.73 Å². The molecular formula is C14H18BrN3. The highest BCUT2D eigenvalue weighted by molar-refractivity contribution is 9.10. The van der Waals surface area contributed by atoms with Gasteiger partial charge in [-0.3, -0.25) is 9.80 Å². The van der Waals surface area contributed by atoms with E-state index in [1.807, 2.05) is 0 Å². The largest absolute Gasteiger partial charge is 0.326 e. The van der Waals surface area contributed by atoms with E-state index in [1.54, 1.807) is 0 Å². The van der Waals surface area contributed by atoms with E-state index in [0.29, 0.717) is 12.0 Å². The smallest absolute Gasteiger partial charge is 0.0507 e. The molecule has 0 aromatic heterocycles. The third-order valence-corrected chi connectivity index (χ3v) is 5.44. The molecular weight excluding hydrogens is 290 g/mol. The molecule has 18 heavy (non-hydrogen) atoms. The van der Waals surface area contributed by atoms with E-state index < -0.39 is 0 Å². The first kappa shape index (κ1) is 11.4. The highest BCUT2D eigenvalue weighted by Gasteiger charge is 2.55. The molecule has 4 aliphatic rings. The van der Waals surface area contributed by atoms with Gasteiger partial charge >= 0.3 is 0 Å². The van der Waals surface area contributed by atoms with Crippen LogP contribution in [0, 0.1) is 5.92 Å². The van der Waals surface area contributed by atoms with E-state index in [0.717, 1.165) is 24.2 Å². The summed E-state index contributed by atoms with van der Waals surface area (Å²) in [4.78, 5) is 5.14. The predicted molar refractivity (Wildman–Crippen MR) is 75.3 cm³/mol. The zero-order valence-corrected chi connectivity index (χ0v) is 11.9. The second-order valence-electron chi connectivity index (χ2n) is 6.12. The van der Waals surface area contributed by atoms with Crippen molar-refractivity contribution in [3.8, 4) is 0 Å². The number of rotatable bonds is 1. The van der Waals surface area contributed by atoms with Crippen LogP contribution in [0.1, 0.15) is 5.56 Å². The number of hydrogen-bond donors (Lipinski definition) is 1.